The minimum absolute atomic E-state index is 0.254. The molecule has 0 N–H and O–H groups in total. The van der Waals surface area contributed by atoms with Crippen LogP contribution in [0.1, 0.15) is 60.9 Å². The van der Waals surface area contributed by atoms with Crippen molar-refractivity contribution in [3.05, 3.63) is 34.3 Å². The molecule has 0 heterocycles. The molecular weight excluding hydrogens is 244 g/mol. The SMILES string of the molecule is Cc1ccc(C(=O)CC2CCCCCC2)cc1Cl. The minimum Gasteiger partial charge on any atom is -0.294 e. The Hall–Kier alpha value is -0.820. The molecule has 0 saturated heterocycles. The molecule has 0 atom stereocenters. The Kier molecular flexibility index (Phi) is 4.82. The summed E-state index contributed by atoms with van der Waals surface area (Å²) in [5.74, 6) is 0.837. The lowest BCUT2D eigenvalue weighted by molar-refractivity contribution is 0.0957. The van der Waals surface area contributed by atoms with Crippen LogP contribution in [-0.4, -0.2) is 5.78 Å². The number of Topliss-reactive ketones (excluding diaryl/α,β-unsaturated/α-hetero) is 1. The van der Waals surface area contributed by atoms with E-state index in [-0.39, 0.29) is 5.78 Å². The molecule has 1 aliphatic carbocycles. The van der Waals surface area contributed by atoms with Gasteiger partial charge in [-0.25, -0.2) is 0 Å². The van der Waals surface area contributed by atoms with Crippen LogP contribution in [0.5, 0.6) is 0 Å². The fraction of sp³-hybridized carbons (Fsp3) is 0.562. The Morgan fingerprint density at radius 3 is 2.50 bits per heavy atom. The van der Waals surface area contributed by atoms with Crippen molar-refractivity contribution in [2.24, 2.45) is 5.92 Å². The van der Waals surface area contributed by atoms with Crippen LogP contribution < -0.4 is 0 Å². The van der Waals surface area contributed by atoms with Gasteiger partial charge < -0.3 is 0 Å². The van der Waals surface area contributed by atoms with Crippen molar-refractivity contribution in [1.82, 2.24) is 0 Å². The predicted octanol–water partition coefficient (Wildman–Crippen LogP) is 5.19. The van der Waals surface area contributed by atoms with Crippen LogP contribution in [0, 0.1) is 12.8 Å². The first-order valence-corrected chi connectivity index (χ1v) is 7.34. The summed E-state index contributed by atoms with van der Waals surface area (Å²) in [7, 11) is 0. The van der Waals surface area contributed by atoms with Crippen LogP contribution in [0.3, 0.4) is 0 Å². The highest BCUT2D eigenvalue weighted by Crippen LogP contribution is 2.27. The molecule has 98 valence electrons. The Balaban J connectivity index is 1.99. The standard InChI is InChI=1S/C16H21ClO/c1-12-8-9-14(11-15(12)17)16(18)10-13-6-4-2-3-5-7-13/h8-9,11,13H,2-7,10H2,1H3. The third kappa shape index (κ3) is 3.58. The zero-order chi connectivity index (χ0) is 13.0. The summed E-state index contributed by atoms with van der Waals surface area (Å²) in [6.45, 7) is 1.96. The van der Waals surface area contributed by atoms with Crippen LogP contribution in [0.25, 0.3) is 0 Å². The molecule has 0 unspecified atom stereocenters. The van der Waals surface area contributed by atoms with Crippen LogP contribution in [0.4, 0.5) is 0 Å². The Bertz CT molecular complexity index is 417. The highest BCUT2D eigenvalue weighted by atomic mass is 35.5. The van der Waals surface area contributed by atoms with Crippen LogP contribution >= 0.6 is 11.6 Å². The highest BCUT2D eigenvalue weighted by Gasteiger charge is 2.17. The smallest absolute Gasteiger partial charge is 0.163 e. The van der Waals surface area contributed by atoms with Gasteiger partial charge in [0.2, 0.25) is 0 Å². The molecule has 1 aromatic carbocycles. The zero-order valence-electron chi connectivity index (χ0n) is 11.0. The Morgan fingerprint density at radius 2 is 1.89 bits per heavy atom. The topological polar surface area (TPSA) is 17.1 Å². The van der Waals surface area contributed by atoms with E-state index in [4.69, 9.17) is 11.6 Å². The van der Waals surface area contributed by atoms with Gasteiger partial charge in [-0.3, -0.25) is 4.79 Å². The van der Waals surface area contributed by atoms with Gasteiger partial charge in [0.05, 0.1) is 0 Å². The molecule has 1 aliphatic rings. The lowest BCUT2D eigenvalue weighted by Crippen LogP contribution is -2.08. The van der Waals surface area contributed by atoms with Gasteiger partial charge in [0.15, 0.2) is 5.78 Å². The van der Waals surface area contributed by atoms with E-state index in [9.17, 15) is 4.79 Å². The number of halogens is 1. The fourth-order valence-corrected chi connectivity index (χ4v) is 2.89. The van der Waals surface area contributed by atoms with E-state index in [2.05, 4.69) is 0 Å². The number of carbonyl (C=O) groups excluding carboxylic acids is 1. The predicted molar refractivity (Wildman–Crippen MR) is 76.3 cm³/mol. The van der Waals surface area contributed by atoms with E-state index in [1.54, 1.807) is 0 Å². The van der Waals surface area contributed by atoms with Gasteiger partial charge in [-0.15, -0.1) is 0 Å². The van der Waals surface area contributed by atoms with Crippen molar-refractivity contribution < 1.29 is 4.79 Å². The van der Waals surface area contributed by atoms with Crippen LogP contribution in [0.15, 0.2) is 18.2 Å². The average molecular weight is 265 g/mol. The Labute approximate surface area is 115 Å². The summed E-state index contributed by atoms with van der Waals surface area (Å²) in [4.78, 5) is 12.2. The normalized spacial score (nSPS) is 17.4. The first kappa shape index (κ1) is 13.6. The van der Waals surface area contributed by atoms with E-state index < -0.39 is 0 Å². The molecule has 0 aliphatic heterocycles. The second-order valence-corrected chi connectivity index (χ2v) is 5.86. The molecule has 0 spiro atoms. The van der Waals surface area contributed by atoms with Gasteiger partial charge in [-0.05, 0) is 24.5 Å². The summed E-state index contributed by atoms with van der Waals surface area (Å²) in [6.07, 6.45) is 8.36. The second kappa shape index (κ2) is 6.38. The molecule has 2 rings (SSSR count). The number of aryl methyl sites for hydroxylation is 1. The molecule has 1 fully saturated rings. The third-order valence-electron chi connectivity index (χ3n) is 3.94. The summed E-state index contributed by atoms with van der Waals surface area (Å²) in [5.41, 5.74) is 1.80. The molecular formula is C16H21ClO. The number of benzene rings is 1. The molecule has 18 heavy (non-hydrogen) atoms. The number of hydrogen-bond donors (Lipinski definition) is 0. The fourth-order valence-electron chi connectivity index (χ4n) is 2.71. The maximum Gasteiger partial charge on any atom is 0.163 e. The Morgan fingerprint density at radius 1 is 1.22 bits per heavy atom. The largest absolute Gasteiger partial charge is 0.294 e. The lowest BCUT2D eigenvalue weighted by Gasteiger charge is -2.13. The first-order valence-electron chi connectivity index (χ1n) is 6.96. The van der Waals surface area contributed by atoms with Crippen molar-refractivity contribution in [1.29, 1.82) is 0 Å². The second-order valence-electron chi connectivity index (χ2n) is 5.45. The van der Waals surface area contributed by atoms with Crippen molar-refractivity contribution >= 4 is 17.4 Å². The monoisotopic (exact) mass is 264 g/mol. The van der Waals surface area contributed by atoms with Gasteiger partial charge >= 0.3 is 0 Å². The molecule has 0 aromatic heterocycles. The number of rotatable bonds is 3. The van der Waals surface area contributed by atoms with Crippen molar-refractivity contribution in [3.8, 4) is 0 Å². The highest BCUT2D eigenvalue weighted by molar-refractivity contribution is 6.31. The zero-order valence-corrected chi connectivity index (χ0v) is 11.8. The molecule has 1 nitrogen and oxygen atoms in total. The summed E-state index contributed by atoms with van der Waals surface area (Å²) in [6, 6.07) is 5.65. The van der Waals surface area contributed by atoms with E-state index >= 15 is 0 Å². The number of hydrogen-bond acceptors (Lipinski definition) is 1. The maximum absolute atomic E-state index is 12.2. The summed E-state index contributed by atoms with van der Waals surface area (Å²) >= 11 is 6.07. The lowest BCUT2D eigenvalue weighted by atomic mass is 9.92. The first-order chi connectivity index (χ1) is 8.66. The summed E-state index contributed by atoms with van der Waals surface area (Å²) < 4.78 is 0. The molecule has 1 aromatic rings. The van der Waals surface area contributed by atoms with Gasteiger partial charge in [-0.1, -0.05) is 62.3 Å². The quantitative estimate of drug-likeness (QED) is 0.542. The third-order valence-corrected chi connectivity index (χ3v) is 4.35. The van der Waals surface area contributed by atoms with Gasteiger partial charge in [-0.2, -0.15) is 0 Å². The van der Waals surface area contributed by atoms with E-state index in [1.807, 2.05) is 25.1 Å². The van der Waals surface area contributed by atoms with Gasteiger partial charge in [0.25, 0.3) is 0 Å². The van der Waals surface area contributed by atoms with Crippen molar-refractivity contribution in [2.75, 3.05) is 0 Å². The van der Waals surface area contributed by atoms with E-state index in [1.165, 1.54) is 38.5 Å². The van der Waals surface area contributed by atoms with Crippen molar-refractivity contribution in [3.63, 3.8) is 0 Å². The van der Waals surface area contributed by atoms with Crippen molar-refractivity contribution in [2.45, 2.75) is 51.9 Å². The molecule has 0 bridgehead atoms. The van der Waals surface area contributed by atoms with Crippen LogP contribution in [-0.2, 0) is 0 Å². The van der Waals surface area contributed by atoms with Crippen LogP contribution in [0.2, 0.25) is 5.02 Å². The van der Waals surface area contributed by atoms with E-state index in [0.717, 1.165) is 11.1 Å². The van der Waals surface area contributed by atoms with E-state index in [0.29, 0.717) is 17.4 Å². The van der Waals surface area contributed by atoms with Gasteiger partial charge in [0.1, 0.15) is 0 Å². The average Bonchev–Trinajstić information content (AvgIpc) is 2.61. The number of ketones is 1. The molecule has 0 amide bonds. The molecule has 0 radical (unpaired) electrons. The molecule has 1 saturated carbocycles. The number of carbonyl (C=O) groups is 1. The molecule has 2 heteroatoms. The maximum atomic E-state index is 12.2. The minimum atomic E-state index is 0.254. The van der Waals surface area contributed by atoms with Gasteiger partial charge in [0, 0.05) is 17.0 Å². The summed E-state index contributed by atoms with van der Waals surface area (Å²) in [5, 5.41) is 0.696.